The summed E-state index contributed by atoms with van der Waals surface area (Å²) >= 11 is 0. The fourth-order valence-electron chi connectivity index (χ4n) is 4.45. The number of ether oxygens (including phenoxy) is 4. The van der Waals surface area contributed by atoms with Gasteiger partial charge in [0, 0.05) is 36.1 Å². The van der Waals surface area contributed by atoms with Gasteiger partial charge in [-0.2, -0.15) is 0 Å². The van der Waals surface area contributed by atoms with Crippen molar-refractivity contribution < 1.29 is 28.8 Å². The first-order valence-electron chi connectivity index (χ1n) is 11.5. The zero-order valence-corrected chi connectivity index (χ0v) is 20.8. The number of rotatable bonds is 11. The fourth-order valence-corrected chi connectivity index (χ4v) is 4.45. The molecule has 0 radical (unpaired) electrons. The van der Waals surface area contributed by atoms with E-state index in [1.165, 1.54) is 0 Å². The molecule has 0 bridgehead atoms. The maximum absolute atomic E-state index is 12.5. The van der Waals surface area contributed by atoms with Crippen LogP contribution in [0.1, 0.15) is 27.2 Å². The fraction of sp³-hybridized carbons (Fsp3) is 0.250. The molecule has 8 heteroatoms. The van der Waals surface area contributed by atoms with E-state index in [2.05, 4.69) is 5.32 Å². The number of nitrogens with one attached hydrogen (secondary N) is 1. The van der Waals surface area contributed by atoms with Crippen molar-refractivity contribution in [2.45, 2.75) is 19.6 Å². The Labute approximate surface area is 210 Å². The minimum atomic E-state index is -0.968. The number of methoxy groups -OCH3 is 4. The van der Waals surface area contributed by atoms with Gasteiger partial charge < -0.3 is 33.9 Å². The predicted octanol–water partition coefficient (Wildman–Crippen LogP) is 4.71. The maximum atomic E-state index is 12.5. The number of para-hydroxylation sites is 1. The Hall–Kier alpha value is -4.17. The lowest BCUT2D eigenvalue weighted by Crippen LogP contribution is -2.17. The van der Waals surface area contributed by atoms with Gasteiger partial charge >= 0.3 is 5.97 Å². The lowest BCUT2D eigenvalue weighted by Gasteiger charge is -2.14. The number of carboxylic acids is 1. The second kappa shape index (κ2) is 11.0. The first kappa shape index (κ1) is 24.9. The standard InChI is InChI=1S/C28H30N2O6/c1-33-20-11-9-18(10-12-20)17-30-23-8-6-5-7-21(23)22(26(30)28(31)32)16-29-15-19-13-24(34-2)27(36-4)25(14-19)35-3/h5-14,29H,15-17H2,1-4H3,(H,31,32). The molecule has 1 aromatic heterocycles. The van der Waals surface area contributed by atoms with Crippen LogP contribution in [-0.2, 0) is 19.6 Å². The highest BCUT2D eigenvalue weighted by molar-refractivity contribution is 5.98. The average molecular weight is 491 g/mol. The number of fused-ring (bicyclic) bond motifs is 1. The number of hydrogen-bond acceptors (Lipinski definition) is 6. The molecule has 36 heavy (non-hydrogen) atoms. The van der Waals surface area contributed by atoms with Crippen molar-refractivity contribution in [3.63, 3.8) is 0 Å². The van der Waals surface area contributed by atoms with Gasteiger partial charge in [-0.15, -0.1) is 0 Å². The topological polar surface area (TPSA) is 91.2 Å². The van der Waals surface area contributed by atoms with Gasteiger partial charge in [0.05, 0.1) is 28.4 Å². The Morgan fingerprint density at radius 3 is 2.08 bits per heavy atom. The molecule has 4 rings (SSSR count). The molecule has 0 aliphatic carbocycles. The van der Waals surface area contributed by atoms with E-state index < -0.39 is 5.97 Å². The van der Waals surface area contributed by atoms with Crippen molar-refractivity contribution in [2.75, 3.05) is 28.4 Å². The Bertz CT molecular complexity index is 1340. The second-order valence-corrected chi connectivity index (χ2v) is 8.22. The van der Waals surface area contributed by atoms with Crippen molar-refractivity contribution in [1.82, 2.24) is 9.88 Å². The van der Waals surface area contributed by atoms with Crippen molar-refractivity contribution >= 4 is 16.9 Å². The maximum Gasteiger partial charge on any atom is 0.352 e. The Balaban J connectivity index is 1.64. The molecule has 3 aromatic carbocycles. The molecule has 0 saturated heterocycles. The van der Waals surface area contributed by atoms with Crippen LogP contribution in [0.4, 0.5) is 0 Å². The third-order valence-electron chi connectivity index (χ3n) is 6.13. The summed E-state index contributed by atoms with van der Waals surface area (Å²) < 4.78 is 23.4. The molecule has 188 valence electrons. The van der Waals surface area contributed by atoms with Gasteiger partial charge in [0.2, 0.25) is 5.75 Å². The molecule has 0 spiro atoms. The molecule has 0 saturated carbocycles. The summed E-state index contributed by atoms with van der Waals surface area (Å²) in [6, 6.07) is 19.2. The normalized spacial score (nSPS) is 10.9. The molecule has 1 heterocycles. The van der Waals surface area contributed by atoms with Gasteiger partial charge in [-0.3, -0.25) is 0 Å². The Morgan fingerprint density at radius 1 is 0.833 bits per heavy atom. The van der Waals surface area contributed by atoms with Crippen LogP contribution in [0.2, 0.25) is 0 Å². The van der Waals surface area contributed by atoms with Crippen LogP contribution in [0, 0.1) is 0 Å². The summed E-state index contributed by atoms with van der Waals surface area (Å²) in [4.78, 5) is 12.5. The number of aromatic carboxylic acids is 1. The van der Waals surface area contributed by atoms with Crippen LogP contribution in [0.15, 0.2) is 60.7 Å². The molecule has 8 nitrogen and oxygen atoms in total. The highest BCUT2D eigenvalue weighted by Gasteiger charge is 2.22. The molecular weight excluding hydrogens is 460 g/mol. The van der Waals surface area contributed by atoms with Crippen LogP contribution >= 0.6 is 0 Å². The van der Waals surface area contributed by atoms with Crippen LogP contribution in [0.5, 0.6) is 23.0 Å². The molecule has 0 aliphatic rings. The second-order valence-electron chi connectivity index (χ2n) is 8.22. The average Bonchev–Trinajstić information content (AvgIpc) is 3.21. The van der Waals surface area contributed by atoms with E-state index >= 15 is 0 Å². The van der Waals surface area contributed by atoms with Crippen molar-refractivity contribution in [3.05, 3.63) is 83.0 Å². The van der Waals surface area contributed by atoms with E-state index in [0.717, 1.165) is 33.3 Å². The van der Waals surface area contributed by atoms with E-state index in [1.54, 1.807) is 28.4 Å². The molecule has 4 aromatic rings. The lowest BCUT2D eigenvalue weighted by atomic mass is 10.1. The predicted molar refractivity (Wildman–Crippen MR) is 138 cm³/mol. The van der Waals surface area contributed by atoms with Gasteiger partial charge in [0.1, 0.15) is 11.4 Å². The van der Waals surface area contributed by atoms with Gasteiger partial charge in [-0.25, -0.2) is 4.79 Å². The number of aromatic nitrogens is 1. The lowest BCUT2D eigenvalue weighted by molar-refractivity contribution is 0.0684. The number of carbonyl (C=O) groups is 1. The number of nitrogens with zero attached hydrogens (tertiary/aromatic N) is 1. The SMILES string of the molecule is COc1ccc(Cn2c(C(=O)O)c(CNCc3cc(OC)c(OC)c(OC)c3)c3ccccc32)cc1. The molecule has 0 unspecified atom stereocenters. The number of carboxylic acid groups (broad SMARTS) is 1. The summed E-state index contributed by atoms with van der Waals surface area (Å²) in [5.74, 6) is 1.45. The highest BCUT2D eigenvalue weighted by Crippen LogP contribution is 2.38. The third kappa shape index (κ3) is 4.94. The van der Waals surface area contributed by atoms with E-state index in [9.17, 15) is 9.90 Å². The highest BCUT2D eigenvalue weighted by atomic mass is 16.5. The minimum absolute atomic E-state index is 0.268. The summed E-state index contributed by atoms with van der Waals surface area (Å²) in [7, 11) is 6.33. The summed E-state index contributed by atoms with van der Waals surface area (Å²) in [6.07, 6.45) is 0. The zero-order chi connectivity index (χ0) is 25.7. The van der Waals surface area contributed by atoms with E-state index in [0.29, 0.717) is 36.9 Å². The summed E-state index contributed by atoms with van der Waals surface area (Å²) in [5, 5.41) is 14.5. The van der Waals surface area contributed by atoms with Crippen LogP contribution in [-0.4, -0.2) is 44.1 Å². The van der Waals surface area contributed by atoms with Crippen molar-refractivity contribution in [2.24, 2.45) is 0 Å². The first-order chi connectivity index (χ1) is 17.5. The van der Waals surface area contributed by atoms with Gasteiger partial charge in [-0.1, -0.05) is 30.3 Å². The quantitative estimate of drug-likeness (QED) is 0.315. The van der Waals surface area contributed by atoms with Crippen LogP contribution in [0.3, 0.4) is 0 Å². The van der Waals surface area contributed by atoms with Crippen molar-refractivity contribution in [1.29, 1.82) is 0 Å². The number of benzene rings is 3. The molecule has 0 fully saturated rings. The molecule has 0 amide bonds. The molecule has 0 atom stereocenters. The van der Waals surface area contributed by atoms with Gasteiger partial charge in [-0.05, 0) is 41.5 Å². The molecule has 0 aliphatic heterocycles. The largest absolute Gasteiger partial charge is 0.497 e. The third-order valence-corrected chi connectivity index (χ3v) is 6.13. The minimum Gasteiger partial charge on any atom is -0.497 e. The van der Waals surface area contributed by atoms with Gasteiger partial charge in [0.25, 0.3) is 0 Å². The summed E-state index contributed by atoms with van der Waals surface area (Å²) in [6.45, 7) is 1.28. The monoisotopic (exact) mass is 490 g/mol. The Kier molecular flexibility index (Phi) is 7.65. The van der Waals surface area contributed by atoms with Gasteiger partial charge in [0.15, 0.2) is 11.5 Å². The van der Waals surface area contributed by atoms with E-state index in [-0.39, 0.29) is 5.69 Å². The smallest absolute Gasteiger partial charge is 0.352 e. The Morgan fingerprint density at radius 2 is 1.50 bits per heavy atom. The van der Waals surface area contributed by atoms with Crippen molar-refractivity contribution in [3.8, 4) is 23.0 Å². The first-order valence-corrected chi connectivity index (χ1v) is 11.5. The molecular formula is C28H30N2O6. The van der Waals surface area contributed by atoms with E-state index in [1.807, 2.05) is 65.2 Å². The van der Waals surface area contributed by atoms with Crippen LogP contribution in [0.25, 0.3) is 10.9 Å². The zero-order valence-electron chi connectivity index (χ0n) is 20.8. The van der Waals surface area contributed by atoms with Crippen LogP contribution < -0.4 is 24.3 Å². The van der Waals surface area contributed by atoms with E-state index in [4.69, 9.17) is 18.9 Å². The number of hydrogen-bond donors (Lipinski definition) is 2. The molecule has 2 N–H and O–H groups in total. The summed E-state index contributed by atoms with van der Waals surface area (Å²) in [5.41, 5.74) is 3.78.